The first-order chi connectivity index (χ1) is 9.38. The van der Waals surface area contributed by atoms with E-state index in [1.54, 1.807) is 18.2 Å². The summed E-state index contributed by atoms with van der Waals surface area (Å²) in [7, 11) is 0. The molecule has 0 aliphatic heterocycles. The fourth-order valence-corrected chi connectivity index (χ4v) is 1.67. The summed E-state index contributed by atoms with van der Waals surface area (Å²) in [6.07, 6.45) is 0. The molecule has 1 aromatic rings. The van der Waals surface area contributed by atoms with Crippen molar-refractivity contribution in [2.75, 3.05) is 6.61 Å². The number of carbonyl (C=O) groups is 1. The van der Waals surface area contributed by atoms with Crippen LogP contribution in [0.2, 0.25) is 5.02 Å². The molecule has 0 unspecified atom stereocenters. The highest BCUT2D eigenvalue weighted by molar-refractivity contribution is 7.80. The second-order valence-corrected chi connectivity index (χ2v) is 4.97. The fourth-order valence-electron chi connectivity index (χ4n) is 1.23. The van der Waals surface area contributed by atoms with Gasteiger partial charge >= 0.3 is 0 Å². The van der Waals surface area contributed by atoms with Crippen LogP contribution >= 0.6 is 36.0 Å². The normalized spacial score (nSPS) is 9.50. The number of aryl methyl sites for hydroxylation is 1. The van der Waals surface area contributed by atoms with Gasteiger partial charge in [-0.05, 0) is 55.1 Å². The van der Waals surface area contributed by atoms with Gasteiger partial charge in [-0.1, -0.05) is 11.6 Å². The number of nitrogens with two attached hydrogens (primary N) is 1. The standard InChI is InChI=1S/C11H13ClN4O2S2/c1-6-4-7(12)2-3-8(6)18-5-9(17)14-11(20)16-15-10(13)19/h2-4H,5H2,1H3,(H3,13,15,19)(H2,14,16,17,20). The number of benzene rings is 1. The molecule has 0 radical (unpaired) electrons. The predicted molar refractivity (Wildman–Crippen MR) is 85.5 cm³/mol. The van der Waals surface area contributed by atoms with Crippen LogP contribution in [0.3, 0.4) is 0 Å². The Balaban J connectivity index is 2.39. The molecule has 0 saturated carbocycles. The summed E-state index contributed by atoms with van der Waals surface area (Å²) in [5.74, 6) is 0.159. The SMILES string of the molecule is Cc1cc(Cl)ccc1OCC(=O)NC(=S)NNC(N)=S. The molecule has 20 heavy (non-hydrogen) atoms. The first kappa shape index (κ1) is 16.4. The number of hydrogen-bond acceptors (Lipinski definition) is 4. The topological polar surface area (TPSA) is 88.4 Å². The summed E-state index contributed by atoms with van der Waals surface area (Å²) in [5, 5.41) is 3.04. The van der Waals surface area contributed by atoms with Gasteiger partial charge in [-0.25, -0.2) is 0 Å². The molecule has 9 heteroatoms. The summed E-state index contributed by atoms with van der Waals surface area (Å²) >= 11 is 15.2. The molecule has 108 valence electrons. The van der Waals surface area contributed by atoms with E-state index >= 15 is 0 Å². The highest BCUT2D eigenvalue weighted by atomic mass is 35.5. The van der Waals surface area contributed by atoms with Gasteiger partial charge in [0.25, 0.3) is 5.91 Å². The molecule has 0 atom stereocenters. The molecule has 1 aromatic carbocycles. The summed E-state index contributed by atoms with van der Waals surface area (Å²) in [6.45, 7) is 1.65. The zero-order valence-corrected chi connectivity index (χ0v) is 12.9. The molecule has 0 saturated heterocycles. The predicted octanol–water partition coefficient (Wildman–Crippen LogP) is 0.766. The molecule has 0 spiro atoms. The largest absolute Gasteiger partial charge is 0.483 e. The average molecular weight is 333 g/mol. The molecule has 1 rings (SSSR count). The molecule has 0 bridgehead atoms. The molecule has 1 amide bonds. The summed E-state index contributed by atoms with van der Waals surface area (Å²) in [5.41, 5.74) is 10.8. The van der Waals surface area contributed by atoms with Crippen molar-refractivity contribution in [3.8, 4) is 5.75 Å². The Hall–Kier alpha value is -1.64. The van der Waals surface area contributed by atoms with Gasteiger partial charge in [0, 0.05) is 5.02 Å². The van der Waals surface area contributed by atoms with Crippen LogP contribution in [0.4, 0.5) is 0 Å². The van der Waals surface area contributed by atoms with Crippen molar-refractivity contribution in [2.45, 2.75) is 6.92 Å². The van der Waals surface area contributed by atoms with Crippen molar-refractivity contribution in [2.24, 2.45) is 5.73 Å². The second kappa shape index (κ2) is 7.83. The van der Waals surface area contributed by atoms with E-state index < -0.39 is 5.91 Å². The summed E-state index contributed by atoms with van der Waals surface area (Å²) in [6, 6.07) is 5.11. The van der Waals surface area contributed by atoms with Crippen LogP contribution < -0.4 is 26.6 Å². The molecule has 0 heterocycles. The molecule has 6 nitrogen and oxygen atoms in total. The van der Waals surface area contributed by atoms with Gasteiger partial charge in [0.1, 0.15) is 5.75 Å². The van der Waals surface area contributed by atoms with Gasteiger partial charge in [0.05, 0.1) is 0 Å². The second-order valence-electron chi connectivity index (χ2n) is 3.69. The van der Waals surface area contributed by atoms with Gasteiger partial charge in [-0.15, -0.1) is 0 Å². The number of ether oxygens (including phenoxy) is 1. The minimum Gasteiger partial charge on any atom is -0.483 e. The van der Waals surface area contributed by atoms with Crippen LogP contribution in [0.1, 0.15) is 5.56 Å². The van der Waals surface area contributed by atoms with Crippen molar-refractivity contribution in [1.82, 2.24) is 16.2 Å². The Morgan fingerprint density at radius 3 is 2.70 bits per heavy atom. The number of halogens is 1. The van der Waals surface area contributed by atoms with E-state index in [4.69, 9.17) is 34.3 Å². The maximum atomic E-state index is 11.6. The number of thiocarbonyl (C=S) groups is 2. The lowest BCUT2D eigenvalue weighted by Crippen LogP contribution is -2.50. The molecule has 0 aliphatic carbocycles. The van der Waals surface area contributed by atoms with Crippen LogP contribution in [-0.4, -0.2) is 22.7 Å². The number of rotatable bonds is 3. The van der Waals surface area contributed by atoms with E-state index in [9.17, 15) is 4.79 Å². The molecular weight excluding hydrogens is 320 g/mol. The highest BCUT2D eigenvalue weighted by Gasteiger charge is 2.07. The highest BCUT2D eigenvalue weighted by Crippen LogP contribution is 2.21. The first-order valence-electron chi connectivity index (χ1n) is 5.42. The molecule has 5 N–H and O–H groups in total. The number of amides is 1. The minimum atomic E-state index is -0.415. The van der Waals surface area contributed by atoms with Crippen LogP contribution in [-0.2, 0) is 4.79 Å². The smallest absolute Gasteiger partial charge is 0.264 e. The Morgan fingerprint density at radius 2 is 2.10 bits per heavy atom. The van der Waals surface area contributed by atoms with Gasteiger partial charge in [-0.3, -0.25) is 21.0 Å². The monoisotopic (exact) mass is 332 g/mol. The van der Waals surface area contributed by atoms with Crippen LogP contribution in [0, 0.1) is 6.92 Å². The van der Waals surface area contributed by atoms with Crippen molar-refractivity contribution >= 4 is 52.2 Å². The maximum Gasteiger partial charge on any atom is 0.264 e. The molecule has 0 aliphatic rings. The summed E-state index contributed by atoms with van der Waals surface area (Å²) < 4.78 is 5.35. The van der Waals surface area contributed by atoms with Gasteiger partial charge in [0.15, 0.2) is 16.8 Å². The zero-order chi connectivity index (χ0) is 15.1. The van der Waals surface area contributed by atoms with E-state index in [1.807, 2.05) is 6.92 Å². The van der Waals surface area contributed by atoms with Crippen LogP contribution in [0.25, 0.3) is 0 Å². The lowest BCUT2D eigenvalue weighted by Gasteiger charge is -2.11. The number of nitrogens with one attached hydrogen (secondary N) is 3. The number of carbonyl (C=O) groups excluding carboxylic acids is 1. The zero-order valence-electron chi connectivity index (χ0n) is 10.5. The van der Waals surface area contributed by atoms with Crippen molar-refractivity contribution < 1.29 is 9.53 Å². The van der Waals surface area contributed by atoms with Crippen LogP contribution in [0.5, 0.6) is 5.75 Å². The van der Waals surface area contributed by atoms with E-state index in [2.05, 4.69) is 28.4 Å². The van der Waals surface area contributed by atoms with Gasteiger partial charge in [0.2, 0.25) is 0 Å². The van der Waals surface area contributed by atoms with E-state index in [0.29, 0.717) is 10.8 Å². The first-order valence-corrected chi connectivity index (χ1v) is 6.62. The maximum absolute atomic E-state index is 11.6. The van der Waals surface area contributed by atoms with E-state index in [0.717, 1.165) is 5.56 Å². The lowest BCUT2D eigenvalue weighted by atomic mass is 10.2. The third-order valence-electron chi connectivity index (χ3n) is 2.05. The lowest BCUT2D eigenvalue weighted by molar-refractivity contribution is -0.121. The van der Waals surface area contributed by atoms with Crippen molar-refractivity contribution in [1.29, 1.82) is 0 Å². The van der Waals surface area contributed by atoms with E-state index in [1.165, 1.54) is 0 Å². The molecule has 0 aromatic heterocycles. The third kappa shape index (κ3) is 6.00. The quantitative estimate of drug-likeness (QED) is 0.480. The van der Waals surface area contributed by atoms with Crippen molar-refractivity contribution in [3.05, 3.63) is 28.8 Å². The Bertz CT molecular complexity index is 539. The fraction of sp³-hybridized carbons (Fsp3) is 0.182. The third-order valence-corrected chi connectivity index (χ3v) is 2.59. The Kier molecular flexibility index (Phi) is 6.43. The van der Waals surface area contributed by atoms with Gasteiger partial charge in [-0.2, -0.15) is 0 Å². The average Bonchev–Trinajstić information content (AvgIpc) is 2.35. The number of hydrogen-bond donors (Lipinski definition) is 4. The number of hydrazine groups is 1. The Morgan fingerprint density at radius 1 is 1.40 bits per heavy atom. The molecular formula is C11H13ClN4O2S2. The summed E-state index contributed by atoms with van der Waals surface area (Å²) in [4.78, 5) is 11.6. The van der Waals surface area contributed by atoms with E-state index in [-0.39, 0.29) is 16.8 Å². The van der Waals surface area contributed by atoms with Crippen molar-refractivity contribution in [3.63, 3.8) is 0 Å². The van der Waals surface area contributed by atoms with Gasteiger partial charge < -0.3 is 10.5 Å². The Labute approximate surface area is 132 Å². The minimum absolute atomic E-state index is 0.00892. The van der Waals surface area contributed by atoms with Crippen LogP contribution in [0.15, 0.2) is 18.2 Å². The molecule has 0 fully saturated rings.